The number of carbonyl (C=O) groups excluding carboxylic acids is 1. The van der Waals surface area contributed by atoms with Crippen molar-refractivity contribution in [3.05, 3.63) is 0 Å². The fourth-order valence-corrected chi connectivity index (χ4v) is 2.29. The first-order valence-corrected chi connectivity index (χ1v) is 7.06. The molecule has 0 radical (unpaired) electrons. The number of piperidine rings is 1. The molecule has 6 heteroatoms. The Labute approximate surface area is 114 Å². The molecule has 1 aliphatic heterocycles. The lowest BCUT2D eigenvalue weighted by molar-refractivity contribution is -0.139. The van der Waals surface area contributed by atoms with E-state index in [4.69, 9.17) is 5.11 Å². The molecule has 6 nitrogen and oxygen atoms in total. The average molecular weight is 271 g/mol. The Morgan fingerprint density at radius 3 is 2.42 bits per heavy atom. The molecule has 0 saturated carbocycles. The fourth-order valence-electron chi connectivity index (χ4n) is 2.29. The van der Waals surface area contributed by atoms with Gasteiger partial charge in [-0.3, -0.25) is 0 Å². The van der Waals surface area contributed by atoms with Crippen LogP contribution in [0.1, 0.15) is 33.1 Å². The SMILES string of the molecule is CC[C@@H](NC(=O)NCC1CCN(CC)CC1)C(=O)O. The van der Waals surface area contributed by atoms with Gasteiger partial charge in [0.2, 0.25) is 0 Å². The molecule has 0 aliphatic carbocycles. The zero-order valence-corrected chi connectivity index (χ0v) is 11.8. The highest BCUT2D eigenvalue weighted by atomic mass is 16.4. The van der Waals surface area contributed by atoms with Crippen LogP contribution in [-0.2, 0) is 4.79 Å². The minimum atomic E-state index is -0.992. The van der Waals surface area contributed by atoms with Gasteiger partial charge < -0.3 is 20.6 Å². The molecular weight excluding hydrogens is 246 g/mol. The van der Waals surface area contributed by atoms with Gasteiger partial charge in [-0.2, -0.15) is 0 Å². The number of urea groups is 1. The van der Waals surface area contributed by atoms with Gasteiger partial charge in [0.05, 0.1) is 0 Å². The fraction of sp³-hybridized carbons (Fsp3) is 0.846. The zero-order valence-electron chi connectivity index (χ0n) is 11.8. The van der Waals surface area contributed by atoms with Crippen LogP contribution in [0.3, 0.4) is 0 Å². The minimum Gasteiger partial charge on any atom is -0.480 e. The molecule has 19 heavy (non-hydrogen) atoms. The van der Waals surface area contributed by atoms with Gasteiger partial charge in [0.15, 0.2) is 0 Å². The number of nitrogens with zero attached hydrogens (tertiary/aromatic N) is 1. The minimum absolute atomic E-state index is 0.382. The van der Waals surface area contributed by atoms with E-state index < -0.39 is 12.0 Å². The van der Waals surface area contributed by atoms with E-state index >= 15 is 0 Å². The molecule has 1 heterocycles. The van der Waals surface area contributed by atoms with E-state index in [1.807, 2.05) is 0 Å². The lowest BCUT2D eigenvalue weighted by Crippen LogP contribution is -2.47. The highest BCUT2D eigenvalue weighted by molar-refractivity contribution is 5.82. The second kappa shape index (κ2) is 7.99. The number of hydrogen-bond acceptors (Lipinski definition) is 3. The van der Waals surface area contributed by atoms with E-state index in [1.54, 1.807) is 6.92 Å². The largest absolute Gasteiger partial charge is 0.480 e. The maximum atomic E-state index is 11.6. The first-order valence-electron chi connectivity index (χ1n) is 7.06. The van der Waals surface area contributed by atoms with Gasteiger partial charge in [0.1, 0.15) is 6.04 Å². The van der Waals surface area contributed by atoms with Crippen LogP contribution in [0.4, 0.5) is 4.79 Å². The summed E-state index contributed by atoms with van der Waals surface area (Å²) in [4.78, 5) is 24.8. The maximum Gasteiger partial charge on any atom is 0.326 e. The van der Waals surface area contributed by atoms with E-state index in [-0.39, 0.29) is 6.03 Å². The van der Waals surface area contributed by atoms with Crippen LogP contribution in [-0.4, -0.2) is 54.2 Å². The monoisotopic (exact) mass is 271 g/mol. The number of carbonyl (C=O) groups is 2. The van der Waals surface area contributed by atoms with Crippen LogP contribution >= 0.6 is 0 Å². The van der Waals surface area contributed by atoms with Crippen LogP contribution < -0.4 is 10.6 Å². The van der Waals surface area contributed by atoms with E-state index in [0.717, 1.165) is 32.5 Å². The number of carboxylic acid groups (broad SMARTS) is 1. The predicted molar refractivity (Wildman–Crippen MR) is 73.1 cm³/mol. The molecule has 2 amide bonds. The normalized spacial score (nSPS) is 18.8. The van der Waals surface area contributed by atoms with Crippen molar-refractivity contribution in [2.45, 2.75) is 39.2 Å². The highest BCUT2D eigenvalue weighted by Gasteiger charge is 2.20. The van der Waals surface area contributed by atoms with Gasteiger partial charge in [-0.05, 0) is 44.8 Å². The number of hydrogen-bond donors (Lipinski definition) is 3. The summed E-state index contributed by atoms with van der Waals surface area (Å²) in [6.45, 7) is 7.76. The Morgan fingerprint density at radius 1 is 1.32 bits per heavy atom. The molecule has 1 fully saturated rings. The van der Waals surface area contributed by atoms with E-state index in [1.165, 1.54) is 0 Å². The number of amides is 2. The van der Waals surface area contributed by atoms with Crippen LogP contribution in [0.25, 0.3) is 0 Å². The molecule has 1 aliphatic rings. The van der Waals surface area contributed by atoms with Gasteiger partial charge in [-0.1, -0.05) is 13.8 Å². The molecule has 1 rings (SSSR count). The summed E-state index contributed by atoms with van der Waals surface area (Å²) in [7, 11) is 0. The van der Waals surface area contributed by atoms with Gasteiger partial charge in [0, 0.05) is 6.54 Å². The standard InChI is InChI=1S/C13H25N3O3/c1-3-11(12(17)18)15-13(19)14-9-10-5-7-16(4-2)8-6-10/h10-11H,3-9H2,1-2H3,(H,17,18)(H2,14,15,19)/t11-/m1/s1. The smallest absolute Gasteiger partial charge is 0.326 e. The van der Waals surface area contributed by atoms with Crippen molar-refractivity contribution in [3.63, 3.8) is 0 Å². The highest BCUT2D eigenvalue weighted by Crippen LogP contribution is 2.15. The number of carboxylic acids is 1. The Kier molecular flexibility index (Phi) is 6.62. The number of aliphatic carboxylic acids is 1. The maximum absolute atomic E-state index is 11.6. The Morgan fingerprint density at radius 2 is 1.95 bits per heavy atom. The van der Waals surface area contributed by atoms with Crippen molar-refractivity contribution in [2.24, 2.45) is 5.92 Å². The summed E-state index contributed by atoms with van der Waals surface area (Å²) >= 11 is 0. The van der Waals surface area contributed by atoms with Crippen molar-refractivity contribution in [3.8, 4) is 0 Å². The van der Waals surface area contributed by atoms with Gasteiger partial charge in [-0.25, -0.2) is 9.59 Å². The molecule has 110 valence electrons. The third-order valence-electron chi connectivity index (χ3n) is 3.72. The van der Waals surface area contributed by atoms with Gasteiger partial charge >= 0.3 is 12.0 Å². The van der Waals surface area contributed by atoms with Crippen molar-refractivity contribution in [2.75, 3.05) is 26.2 Å². The van der Waals surface area contributed by atoms with Crippen molar-refractivity contribution < 1.29 is 14.7 Å². The number of likely N-dealkylation sites (tertiary alicyclic amines) is 1. The average Bonchev–Trinajstić information content (AvgIpc) is 2.42. The number of rotatable bonds is 6. The molecular formula is C13H25N3O3. The first-order chi connectivity index (χ1) is 9.06. The molecule has 0 aromatic carbocycles. The summed E-state index contributed by atoms with van der Waals surface area (Å²) in [5.74, 6) is -0.493. The summed E-state index contributed by atoms with van der Waals surface area (Å²) in [6.07, 6.45) is 2.56. The lowest BCUT2D eigenvalue weighted by atomic mass is 9.97. The summed E-state index contributed by atoms with van der Waals surface area (Å²) in [6, 6.07) is -1.19. The second-order valence-corrected chi connectivity index (χ2v) is 5.03. The van der Waals surface area contributed by atoms with Crippen molar-refractivity contribution in [1.29, 1.82) is 0 Å². The topological polar surface area (TPSA) is 81.7 Å². The zero-order chi connectivity index (χ0) is 14.3. The molecule has 0 spiro atoms. The van der Waals surface area contributed by atoms with Gasteiger partial charge in [0.25, 0.3) is 0 Å². The molecule has 0 aromatic heterocycles. The molecule has 0 unspecified atom stereocenters. The Hall–Kier alpha value is -1.30. The van der Waals surface area contributed by atoms with Crippen LogP contribution in [0, 0.1) is 5.92 Å². The van der Waals surface area contributed by atoms with Crippen LogP contribution in [0.15, 0.2) is 0 Å². The lowest BCUT2D eigenvalue weighted by Gasteiger charge is -2.31. The van der Waals surface area contributed by atoms with E-state index in [2.05, 4.69) is 22.5 Å². The van der Waals surface area contributed by atoms with Gasteiger partial charge in [-0.15, -0.1) is 0 Å². The van der Waals surface area contributed by atoms with Crippen LogP contribution in [0.2, 0.25) is 0 Å². The van der Waals surface area contributed by atoms with E-state index in [9.17, 15) is 9.59 Å². The first kappa shape index (κ1) is 15.8. The third kappa shape index (κ3) is 5.46. The van der Waals surface area contributed by atoms with Crippen LogP contribution in [0.5, 0.6) is 0 Å². The molecule has 0 aromatic rings. The summed E-state index contributed by atoms with van der Waals surface area (Å²) in [5.41, 5.74) is 0. The Bertz CT molecular complexity index is 302. The molecule has 1 saturated heterocycles. The van der Waals surface area contributed by atoms with Crippen molar-refractivity contribution >= 4 is 12.0 Å². The predicted octanol–water partition coefficient (Wildman–Crippen LogP) is 0.881. The Balaban J connectivity index is 2.22. The van der Waals surface area contributed by atoms with E-state index in [0.29, 0.717) is 18.9 Å². The van der Waals surface area contributed by atoms with Crippen molar-refractivity contribution in [1.82, 2.24) is 15.5 Å². The molecule has 0 bridgehead atoms. The second-order valence-electron chi connectivity index (χ2n) is 5.03. The number of nitrogens with one attached hydrogen (secondary N) is 2. The summed E-state index contributed by atoms with van der Waals surface area (Å²) in [5, 5.41) is 14.1. The summed E-state index contributed by atoms with van der Waals surface area (Å²) < 4.78 is 0. The quantitative estimate of drug-likeness (QED) is 0.670. The molecule has 1 atom stereocenters. The molecule has 3 N–H and O–H groups in total. The third-order valence-corrected chi connectivity index (χ3v) is 3.72.